The number of amides is 2. The van der Waals surface area contributed by atoms with Crippen LogP contribution in [0, 0.1) is 0 Å². The number of nitrogens with zero attached hydrogens (tertiary/aromatic N) is 2. The number of nitrogens with one attached hydrogen (secondary N) is 2. The van der Waals surface area contributed by atoms with Gasteiger partial charge in [-0.3, -0.25) is 9.59 Å². The highest BCUT2D eigenvalue weighted by molar-refractivity contribution is 7.99. The molecule has 0 unspecified atom stereocenters. The number of anilines is 2. The fourth-order valence-electron chi connectivity index (χ4n) is 5.38. The molecule has 0 spiro atoms. The summed E-state index contributed by atoms with van der Waals surface area (Å²) in [5.41, 5.74) is 10.8. The van der Waals surface area contributed by atoms with Crippen LogP contribution in [0.3, 0.4) is 0 Å². The van der Waals surface area contributed by atoms with E-state index in [1.54, 1.807) is 42.4 Å². The lowest BCUT2D eigenvalue weighted by Crippen LogP contribution is -2.31. The first-order valence-corrected chi connectivity index (χ1v) is 17.4. The molecule has 0 radical (unpaired) electrons. The van der Waals surface area contributed by atoms with Crippen LogP contribution in [-0.2, 0) is 32.2 Å². The zero-order valence-corrected chi connectivity index (χ0v) is 27.7. The number of benzene rings is 3. The Morgan fingerprint density at radius 1 is 0.812 bits per heavy atom. The molecule has 1 saturated heterocycles. The molecule has 1 aromatic heterocycles. The van der Waals surface area contributed by atoms with E-state index in [0.717, 1.165) is 47.9 Å². The Balaban J connectivity index is 1.05. The first-order chi connectivity index (χ1) is 23.5. The highest BCUT2D eigenvalue weighted by Gasteiger charge is 2.32. The summed E-state index contributed by atoms with van der Waals surface area (Å²) < 4.78 is 12.9. The predicted molar refractivity (Wildman–Crippen MR) is 187 cm³/mol. The minimum absolute atomic E-state index is 0.00528. The molecular formula is C37H43N5O5S. The fraction of sp³-hybridized carbons (Fsp3) is 0.351. The van der Waals surface area contributed by atoms with Crippen LogP contribution in [0.25, 0.3) is 0 Å². The van der Waals surface area contributed by atoms with Gasteiger partial charge in [-0.1, -0.05) is 85.3 Å². The third-order valence-corrected chi connectivity index (χ3v) is 9.10. The van der Waals surface area contributed by atoms with Gasteiger partial charge in [0.15, 0.2) is 11.4 Å². The molecule has 5 rings (SSSR count). The number of hydrogen-bond donors (Lipinski definition) is 4. The van der Waals surface area contributed by atoms with Crippen molar-refractivity contribution < 1.29 is 24.2 Å². The van der Waals surface area contributed by atoms with Crippen LogP contribution in [0.4, 0.5) is 11.4 Å². The fourth-order valence-corrected chi connectivity index (χ4v) is 6.20. The number of ether oxygens (including phenoxy) is 2. The van der Waals surface area contributed by atoms with E-state index >= 15 is 0 Å². The molecule has 3 aromatic carbocycles. The molecule has 3 atom stereocenters. The van der Waals surface area contributed by atoms with E-state index < -0.39 is 6.29 Å². The zero-order valence-electron chi connectivity index (χ0n) is 26.9. The van der Waals surface area contributed by atoms with Crippen molar-refractivity contribution in [2.24, 2.45) is 0 Å². The number of unbranched alkanes of at least 4 members (excludes halogenated alkanes) is 3. The minimum Gasteiger partial charge on any atom is -0.397 e. The SMILES string of the molecule is Nc1ccccc1NC(=O)CCCCCCC(=O)NCc1ccc([C@@H]2O[C@H](CSc3ncccn3)C[C@H](c3ccc(CO)cc3)O2)cc1. The van der Waals surface area contributed by atoms with Gasteiger partial charge in [0.1, 0.15) is 0 Å². The first-order valence-electron chi connectivity index (χ1n) is 16.4. The summed E-state index contributed by atoms with van der Waals surface area (Å²) in [5, 5.41) is 16.0. The molecule has 2 heterocycles. The summed E-state index contributed by atoms with van der Waals surface area (Å²) in [6, 6.07) is 24.8. The maximum absolute atomic E-state index is 12.5. The molecule has 11 heteroatoms. The third-order valence-electron chi connectivity index (χ3n) is 8.09. The second kappa shape index (κ2) is 18.3. The molecule has 4 aromatic rings. The van der Waals surface area contributed by atoms with Gasteiger partial charge in [0, 0.05) is 49.5 Å². The largest absolute Gasteiger partial charge is 0.397 e. The maximum Gasteiger partial charge on any atom is 0.224 e. The van der Waals surface area contributed by atoms with E-state index in [4.69, 9.17) is 15.2 Å². The molecule has 48 heavy (non-hydrogen) atoms. The Hall–Kier alpha value is -4.29. The minimum atomic E-state index is -0.560. The Labute approximate surface area is 285 Å². The quantitative estimate of drug-likeness (QED) is 0.0455. The lowest BCUT2D eigenvalue weighted by Gasteiger charge is -2.36. The van der Waals surface area contributed by atoms with Gasteiger partial charge in [-0.2, -0.15) is 0 Å². The van der Waals surface area contributed by atoms with Crippen molar-refractivity contribution in [2.75, 3.05) is 16.8 Å². The summed E-state index contributed by atoms with van der Waals surface area (Å²) in [6.07, 6.45) is 7.48. The van der Waals surface area contributed by atoms with Crippen LogP contribution >= 0.6 is 11.8 Å². The van der Waals surface area contributed by atoms with Gasteiger partial charge in [0.2, 0.25) is 11.8 Å². The Morgan fingerprint density at radius 2 is 1.48 bits per heavy atom. The van der Waals surface area contributed by atoms with Gasteiger partial charge in [0.05, 0.1) is 30.2 Å². The number of nitrogen functional groups attached to an aromatic ring is 1. The number of para-hydroxylation sites is 2. The monoisotopic (exact) mass is 669 g/mol. The van der Waals surface area contributed by atoms with Gasteiger partial charge in [-0.05, 0) is 47.7 Å². The van der Waals surface area contributed by atoms with E-state index in [1.807, 2.05) is 60.7 Å². The number of carbonyl (C=O) groups is 2. The topological polar surface area (TPSA) is 149 Å². The van der Waals surface area contributed by atoms with Gasteiger partial charge in [0.25, 0.3) is 0 Å². The summed E-state index contributed by atoms with van der Waals surface area (Å²) in [5.74, 6) is 0.634. The Morgan fingerprint density at radius 3 is 2.19 bits per heavy atom. The van der Waals surface area contributed by atoms with Gasteiger partial charge >= 0.3 is 0 Å². The van der Waals surface area contributed by atoms with Gasteiger partial charge in [-0.25, -0.2) is 9.97 Å². The molecule has 5 N–H and O–H groups in total. The number of aliphatic hydroxyl groups is 1. The van der Waals surface area contributed by atoms with E-state index in [2.05, 4.69) is 20.6 Å². The molecule has 252 valence electrons. The molecule has 1 aliphatic rings. The van der Waals surface area contributed by atoms with Crippen molar-refractivity contribution in [2.45, 2.75) is 81.8 Å². The molecule has 0 bridgehead atoms. The molecule has 0 saturated carbocycles. The number of aromatic nitrogens is 2. The lowest BCUT2D eigenvalue weighted by atomic mass is 10.0. The second-order valence-electron chi connectivity index (χ2n) is 11.8. The van der Waals surface area contributed by atoms with Crippen molar-refractivity contribution in [3.8, 4) is 0 Å². The summed E-state index contributed by atoms with van der Waals surface area (Å²) >= 11 is 1.55. The van der Waals surface area contributed by atoms with Crippen LogP contribution in [0.5, 0.6) is 0 Å². The molecule has 1 aliphatic heterocycles. The summed E-state index contributed by atoms with van der Waals surface area (Å²) in [4.78, 5) is 33.3. The average Bonchev–Trinajstić information content (AvgIpc) is 3.13. The van der Waals surface area contributed by atoms with E-state index in [-0.39, 0.29) is 30.6 Å². The Bertz CT molecular complexity index is 1590. The summed E-state index contributed by atoms with van der Waals surface area (Å²) in [6.45, 7) is 0.430. The van der Waals surface area contributed by atoms with Crippen LogP contribution in [0.1, 0.15) is 79.6 Å². The van der Waals surface area contributed by atoms with Crippen molar-refractivity contribution in [3.63, 3.8) is 0 Å². The standard InChI is InChI=1S/C37H43N5O5S/c38-31-8-5-6-9-32(31)42-35(45)11-4-2-1-3-10-34(44)41-23-26-12-18-29(19-13-26)36-46-30(25-48-37-39-20-7-21-40-37)22-33(47-36)28-16-14-27(24-43)15-17-28/h5-9,12-21,30,33,36,43H,1-4,10-11,22-25,38H2,(H,41,44)(H,42,45)/t30-,33+,36+/m0/s1. The van der Waals surface area contributed by atoms with Crippen molar-refractivity contribution >= 4 is 35.0 Å². The number of hydrogen-bond acceptors (Lipinski definition) is 9. The van der Waals surface area contributed by atoms with Crippen molar-refractivity contribution in [1.82, 2.24) is 15.3 Å². The highest BCUT2D eigenvalue weighted by Crippen LogP contribution is 2.39. The normalized spacial score (nSPS) is 17.5. The molecular weight excluding hydrogens is 627 g/mol. The number of rotatable bonds is 16. The van der Waals surface area contributed by atoms with E-state index in [9.17, 15) is 14.7 Å². The molecule has 1 fully saturated rings. The number of nitrogens with two attached hydrogens (primary N) is 1. The first kappa shape index (κ1) is 35.0. The summed E-state index contributed by atoms with van der Waals surface area (Å²) in [7, 11) is 0. The molecule has 0 aliphatic carbocycles. The predicted octanol–water partition coefficient (Wildman–Crippen LogP) is 6.48. The van der Waals surface area contributed by atoms with Crippen molar-refractivity contribution in [3.05, 3.63) is 114 Å². The lowest BCUT2D eigenvalue weighted by molar-refractivity contribution is -0.245. The van der Waals surface area contributed by atoms with Crippen LogP contribution in [-0.4, -0.2) is 38.7 Å². The van der Waals surface area contributed by atoms with Gasteiger partial charge in [-0.15, -0.1) is 0 Å². The number of carbonyl (C=O) groups excluding carboxylic acids is 2. The number of aliphatic hydroxyl groups excluding tert-OH is 1. The van der Waals surface area contributed by atoms with Crippen LogP contribution < -0.4 is 16.4 Å². The molecule has 10 nitrogen and oxygen atoms in total. The van der Waals surface area contributed by atoms with E-state index in [0.29, 0.717) is 48.1 Å². The highest BCUT2D eigenvalue weighted by atomic mass is 32.2. The molecule has 2 amide bonds. The maximum atomic E-state index is 12.5. The van der Waals surface area contributed by atoms with Crippen LogP contribution in [0.15, 0.2) is 96.4 Å². The second-order valence-corrected chi connectivity index (χ2v) is 12.7. The number of thioether (sulfide) groups is 1. The van der Waals surface area contributed by atoms with E-state index in [1.165, 1.54) is 0 Å². The van der Waals surface area contributed by atoms with Gasteiger partial charge < -0.3 is 30.9 Å². The van der Waals surface area contributed by atoms with Crippen LogP contribution in [0.2, 0.25) is 0 Å². The Kier molecular flexibility index (Phi) is 13.4. The smallest absolute Gasteiger partial charge is 0.224 e. The third kappa shape index (κ3) is 10.9. The zero-order chi connectivity index (χ0) is 33.6. The average molecular weight is 670 g/mol. The van der Waals surface area contributed by atoms with Crippen molar-refractivity contribution in [1.29, 1.82) is 0 Å².